The van der Waals surface area contributed by atoms with Crippen molar-refractivity contribution in [1.82, 2.24) is 25.0 Å². The second kappa shape index (κ2) is 6.92. The van der Waals surface area contributed by atoms with E-state index in [1.165, 1.54) is 0 Å². The summed E-state index contributed by atoms with van der Waals surface area (Å²) in [6.45, 7) is 3.99. The number of piperidine rings is 1. The molecule has 2 unspecified atom stereocenters. The smallest absolute Gasteiger partial charge is 0.271 e. The average Bonchev–Trinajstić information content (AvgIpc) is 3.34. The number of nitrogens with one attached hydrogen (secondary N) is 1. The van der Waals surface area contributed by atoms with Crippen LogP contribution in [0.5, 0.6) is 0 Å². The molecule has 0 bridgehead atoms. The number of amides is 1. The highest BCUT2D eigenvalue weighted by molar-refractivity contribution is 5.91. The number of aromatic nitrogens is 3. The van der Waals surface area contributed by atoms with Crippen LogP contribution in [0.25, 0.3) is 11.1 Å². The van der Waals surface area contributed by atoms with Crippen LogP contribution in [0.15, 0.2) is 40.9 Å². The molecule has 1 fully saturated rings. The fourth-order valence-electron chi connectivity index (χ4n) is 3.57. The molecule has 1 saturated heterocycles. The van der Waals surface area contributed by atoms with Crippen LogP contribution in [-0.4, -0.2) is 45.7 Å². The number of benzene rings is 1. The highest BCUT2D eigenvalue weighted by Gasteiger charge is 2.28. The van der Waals surface area contributed by atoms with Crippen molar-refractivity contribution in [3.8, 4) is 0 Å². The van der Waals surface area contributed by atoms with Gasteiger partial charge in [-0.05, 0) is 44.5 Å². The van der Waals surface area contributed by atoms with E-state index in [0.717, 1.165) is 42.9 Å². The molecule has 3 aromatic rings. The summed E-state index contributed by atoms with van der Waals surface area (Å²) >= 11 is 0. The van der Waals surface area contributed by atoms with Crippen molar-refractivity contribution >= 4 is 17.0 Å². The van der Waals surface area contributed by atoms with Gasteiger partial charge in [0, 0.05) is 19.8 Å². The van der Waals surface area contributed by atoms with Crippen molar-refractivity contribution in [1.29, 1.82) is 0 Å². The number of fused-ring (bicyclic) bond motifs is 1. The number of para-hydroxylation sites is 2. The number of hydrogen-bond acceptors (Lipinski definition) is 5. The number of nitrogens with zero attached hydrogens (tertiary/aromatic N) is 4. The number of rotatable bonds is 4. The molecule has 0 radical (unpaired) electrons. The SMILES string of the molecule is CNC(=O)c1ccn(C2CCCN(C(C)c3nc4ccccc4o3)C2)n1. The molecule has 1 aliphatic rings. The van der Waals surface area contributed by atoms with E-state index in [2.05, 4.69) is 27.2 Å². The lowest BCUT2D eigenvalue weighted by atomic mass is 10.0. The zero-order valence-electron chi connectivity index (χ0n) is 15.1. The highest BCUT2D eigenvalue weighted by atomic mass is 16.3. The molecule has 0 saturated carbocycles. The minimum Gasteiger partial charge on any atom is -0.439 e. The lowest BCUT2D eigenvalue weighted by Gasteiger charge is -2.35. The second-order valence-electron chi connectivity index (χ2n) is 6.75. The number of hydrogen-bond donors (Lipinski definition) is 1. The first-order valence-corrected chi connectivity index (χ1v) is 9.02. The number of carbonyl (C=O) groups is 1. The fourth-order valence-corrected chi connectivity index (χ4v) is 3.57. The number of oxazole rings is 1. The minimum atomic E-state index is -0.156. The molecule has 1 aliphatic heterocycles. The van der Waals surface area contributed by atoms with Gasteiger partial charge in [-0.1, -0.05) is 12.1 Å². The first-order chi connectivity index (χ1) is 12.7. The molecule has 136 valence electrons. The van der Waals surface area contributed by atoms with Crippen LogP contribution in [0.2, 0.25) is 0 Å². The number of carbonyl (C=O) groups excluding carboxylic acids is 1. The molecule has 2 atom stereocenters. The Morgan fingerprint density at radius 1 is 1.35 bits per heavy atom. The summed E-state index contributed by atoms with van der Waals surface area (Å²) in [4.78, 5) is 18.7. The van der Waals surface area contributed by atoms with Gasteiger partial charge in [0.15, 0.2) is 5.58 Å². The van der Waals surface area contributed by atoms with Crippen LogP contribution < -0.4 is 5.32 Å². The minimum absolute atomic E-state index is 0.0965. The van der Waals surface area contributed by atoms with Crippen molar-refractivity contribution < 1.29 is 9.21 Å². The van der Waals surface area contributed by atoms with E-state index in [9.17, 15) is 4.79 Å². The zero-order chi connectivity index (χ0) is 18.1. The molecule has 1 amide bonds. The van der Waals surface area contributed by atoms with E-state index in [0.29, 0.717) is 5.69 Å². The lowest BCUT2D eigenvalue weighted by molar-refractivity contribution is 0.0952. The Morgan fingerprint density at radius 3 is 3.00 bits per heavy atom. The Kier molecular flexibility index (Phi) is 4.46. The predicted molar refractivity (Wildman–Crippen MR) is 97.9 cm³/mol. The van der Waals surface area contributed by atoms with Gasteiger partial charge in [0.25, 0.3) is 5.91 Å². The maximum atomic E-state index is 11.7. The van der Waals surface area contributed by atoms with Gasteiger partial charge in [0.05, 0.1) is 12.1 Å². The largest absolute Gasteiger partial charge is 0.439 e. The van der Waals surface area contributed by atoms with E-state index in [1.54, 1.807) is 13.1 Å². The molecule has 4 rings (SSSR count). The third kappa shape index (κ3) is 3.10. The van der Waals surface area contributed by atoms with Crippen LogP contribution in [-0.2, 0) is 0 Å². The summed E-state index contributed by atoms with van der Waals surface area (Å²) in [5, 5.41) is 7.06. The topological polar surface area (TPSA) is 76.2 Å². The van der Waals surface area contributed by atoms with E-state index in [-0.39, 0.29) is 18.0 Å². The van der Waals surface area contributed by atoms with Gasteiger partial charge in [0.2, 0.25) is 5.89 Å². The summed E-state index contributed by atoms with van der Waals surface area (Å²) < 4.78 is 7.86. The van der Waals surface area contributed by atoms with Crippen molar-refractivity contribution in [2.24, 2.45) is 0 Å². The first-order valence-electron chi connectivity index (χ1n) is 9.02. The van der Waals surface area contributed by atoms with E-state index < -0.39 is 0 Å². The standard InChI is InChI=1S/C19H23N5O2/c1-13(19-21-15-7-3-4-8-17(15)26-19)23-10-5-6-14(12-23)24-11-9-16(22-24)18(25)20-2/h3-4,7-9,11,13-14H,5-6,10,12H2,1-2H3,(H,20,25). The predicted octanol–water partition coefficient (Wildman–Crippen LogP) is 2.78. The van der Waals surface area contributed by atoms with Crippen LogP contribution in [0.3, 0.4) is 0 Å². The van der Waals surface area contributed by atoms with E-state index in [1.807, 2.05) is 35.1 Å². The van der Waals surface area contributed by atoms with Gasteiger partial charge >= 0.3 is 0 Å². The van der Waals surface area contributed by atoms with Crippen LogP contribution in [0.1, 0.15) is 48.2 Å². The summed E-state index contributed by atoms with van der Waals surface area (Å²) in [6.07, 6.45) is 4.01. The average molecular weight is 353 g/mol. The molecule has 3 heterocycles. The Balaban J connectivity index is 1.50. The van der Waals surface area contributed by atoms with Gasteiger partial charge in [-0.15, -0.1) is 0 Å². The molecular formula is C19H23N5O2. The molecule has 26 heavy (non-hydrogen) atoms. The summed E-state index contributed by atoms with van der Waals surface area (Å²) in [7, 11) is 1.62. The Morgan fingerprint density at radius 2 is 2.19 bits per heavy atom. The first kappa shape index (κ1) is 16.8. The van der Waals surface area contributed by atoms with Gasteiger partial charge in [0.1, 0.15) is 11.2 Å². The lowest BCUT2D eigenvalue weighted by Crippen LogP contribution is -2.38. The Labute approximate surface area is 152 Å². The second-order valence-corrected chi connectivity index (χ2v) is 6.75. The zero-order valence-corrected chi connectivity index (χ0v) is 15.1. The van der Waals surface area contributed by atoms with Crippen molar-refractivity contribution in [3.05, 3.63) is 48.1 Å². The molecule has 7 heteroatoms. The van der Waals surface area contributed by atoms with Crippen molar-refractivity contribution in [3.63, 3.8) is 0 Å². The Bertz CT molecular complexity index is 882. The molecule has 7 nitrogen and oxygen atoms in total. The van der Waals surface area contributed by atoms with Crippen LogP contribution in [0.4, 0.5) is 0 Å². The summed E-state index contributed by atoms with van der Waals surface area (Å²) in [5.74, 6) is 0.592. The van der Waals surface area contributed by atoms with Gasteiger partial charge in [-0.3, -0.25) is 14.4 Å². The third-order valence-electron chi connectivity index (χ3n) is 5.09. The Hall–Kier alpha value is -2.67. The maximum Gasteiger partial charge on any atom is 0.271 e. The summed E-state index contributed by atoms with van der Waals surface area (Å²) in [5.41, 5.74) is 2.17. The molecule has 0 spiro atoms. The number of likely N-dealkylation sites (tertiary alicyclic amines) is 1. The van der Waals surface area contributed by atoms with Crippen molar-refractivity contribution in [2.75, 3.05) is 20.1 Å². The van der Waals surface area contributed by atoms with E-state index in [4.69, 9.17) is 4.42 Å². The van der Waals surface area contributed by atoms with Crippen LogP contribution >= 0.6 is 0 Å². The van der Waals surface area contributed by atoms with Crippen LogP contribution in [0, 0.1) is 0 Å². The normalized spacial score (nSPS) is 19.5. The quantitative estimate of drug-likeness (QED) is 0.780. The van der Waals surface area contributed by atoms with Gasteiger partial charge in [-0.25, -0.2) is 4.98 Å². The molecule has 1 N–H and O–H groups in total. The third-order valence-corrected chi connectivity index (χ3v) is 5.09. The van der Waals surface area contributed by atoms with Gasteiger partial charge < -0.3 is 9.73 Å². The monoisotopic (exact) mass is 353 g/mol. The molecular weight excluding hydrogens is 330 g/mol. The summed E-state index contributed by atoms with van der Waals surface area (Å²) in [6, 6.07) is 9.95. The molecule has 2 aromatic heterocycles. The van der Waals surface area contributed by atoms with Gasteiger partial charge in [-0.2, -0.15) is 5.10 Å². The molecule has 1 aromatic carbocycles. The molecule has 0 aliphatic carbocycles. The van der Waals surface area contributed by atoms with E-state index >= 15 is 0 Å². The fraction of sp³-hybridized carbons (Fsp3) is 0.421. The maximum absolute atomic E-state index is 11.7. The highest BCUT2D eigenvalue weighted by Crippen LogP contribution is 2.30. The van der Waals surface area contributed by atoms with Crippen molar-refractivity contribution in [2.45, 2.75) is 31.8 Å².